The number of benzene rings is 1. The Morgan fingerprint density at radius 1 is 1.30 bits per heavy atom. The molecular weight excluding hydrogens is 248 g/mol. The van der Waals surface area contributed by atoms with Crippen molar-refractivity contribution in [3.63, 3.8) is 0 Å². The van der Waals surface area contributed by atoms with Gasteiger partial charge in [-0.05, 0) is 43.6 Å². The number of carboxylic acids is 1. The highest BCUT2D eigenvalue weighted by atomic mass is 16.4. The molecule has 1 atom stereocenters. The average molecular weight is 274 g/mol. The molecule has 1 aliphatic carbocycles. The molecule has 110 valence electrons. The van der Waals surface area contributed by atoms with Crippen molar-refractivity contribution in [3.8, 4) is 0 Å². The van der Waals surface area contributed by atoms with Gasteiger partial charge < -0.3 is 5.11 Å². The summed E-state index contributed by atoms with van der Waals surface area (Å²) in [6, 6.07) is 8.26. The minimum atomic E-state index is -0.619. The lowest BCUT2D eigenvalue weighted by Gasteiger charge is -2.31. The number of carboxylic acid groups (broad SMARTS) is 1. The van der Waals surface area contributed by atoms with Crippen molar-refractivity contribution in [1.29, 1.82) is 0 Å². The SMILES string of the molecule is CCC1CCC(C(Cc2cccc(C)c2)C(=O)O)CC1. The molecule has 0 bridgehead atoms. The molecule has 0 heterocycles. The Kier molecular flexibility index (Phi) is 5.22. The van der Waals surface area contributed by atoms with Gasteiger partial charge in [-0.15, -0.1) is 0 Å². The summed E-state index contributed by atoms with van der Waals surface area (Å²) < 4.78 is 0. The number of hydrogen-bond donors (Lipinski definition) is 1. The molecule has 0 saturated heterocycles. The molecule has 1 N–H and O–H groups in total. The molecule has 20 heavy (non-hydrogen) atoms. The average Bonchev–Trinajstić information content (AvgIpc) is 2.45. The van der Waals surface area contributed by atoms with Gasteiger partial charge in [-0.25, -0.2) is 0 Å². The van der Waals surface area contributed by atoms with Gasteiger partial charge in [-0.2, -0.15) is 0 Å². The second-order valence-electron chi connectivity index (χ2n) is 6.33. The molecule has 2 rings (SSSR count). The van der Waals surface area contributed by atoms with Crippen LogP contribution in [0.2, 0.25) is 0 Å². The smallest absolute Gasteiger partial charge is 0.307 e. The minimum Gasteiger partial charge on any atom is -0.481 e. The van der Waals surface area contributed by atoms with E-state index in [4.69, 9.17) is 0 Å². The third kappa shape index (κ3) is 3.84. The van der Waals surface area contributed by atoms with Crippen LogP contribution >= 0.6 is 0 Å². The van der Waals surface area contributed by atoms with Gasteiger partial charge >= 0.3 is 5.97 Å². The van der Waals surface area contributed by atoms with Crippen molar-refractivity contribution in [2.24, 2.45) is 17.8 Å². The Hall–Kier alpha value is -1.31. The van der Waals surface area contributed by atoms with Crippen LogP contribution in [0.3, 0.4) is 0 Å². The van der Waals surface area contributed by atoms with E-state index >= 15 is 0 Å². The number of carbonyl (C=O) groups is 1. The van der Waals surface area contributed by atoms with Crippen LogP contribution in [0.15, 0.2) is 24.3 Å². The molecule has 0 aromatic heterocycles. The first-order valence-corrected chi connectivity index (χ1v) is 7.88. The molecule has 1 aromatic carbocycles. The van der Waals surface area contributed by atoms with Crippen LogP contribution in [0.5, 0.6) is 0 Å². The molecule has 0 radical (unpaired) electrons. The topological polar surface area (TPSA) is 37.3 Å². The molecule has 0 spiro atoms. The maximum atomic E-state index is 11.6. The van der Waals surface area contributed by atoms with Gasteiger partial charge in [0.25, 0.3) is 0 Å². The molecule has 1 aliphatic rings. The number of aliphatic carboxylic acids is 1. The Morgan fingerprint density at radius 3 is 2.55 bits per heavy atom. The third-order valence-corrected chi connectivity index (χ3v) is 4.89. The van der Waals surface area contributed by atoms with Gasteiger partial charge in [-0.1, -0.05) is 56.0 Å². The Labute approximate surface area is 122 Å². The molecule has 1 unspecified atom stereocenters. The summed E-state index contributed by atoms with van der Waals surface area (Å²) in [4.78, 5) is 11.6. The molecule has 2 heteroatoms. The number of rotatable bonds is 5. The van der Waals surface area contributed by atoms with E-state index in [-0.39, 0.29) is 5.92 Å². The summed E-state index contributed by atoms with van der Waals surface area (Å²) in [5.41, 5.74) is 2.37. The lowest BCUT2D eigenvalue weighted by Crippen LogP contribution is -2.29. The number of aryl methyl sites for hydroxylation is 1. The predicted molar refractivity (Wildman–Crippen MR) is 81.7 cm³/mol. The second-order valence-corrected chi connectivity index (χ2v) is 6.33. The monoisotopic (exact) mass is 274 g/mol. The predicted octanol–water partition coefficient (Wildman–Crippen LogP) is 4.45. The fourth-order valence-corrected chi connectivity index (χ4v) is 3.55. The van der Waals surface area contributed by atoms with Crippen molar-refractivity contribution < 1.29 is 9.90 Å². The van der Waals surface area contributed by atoms with E-state index in [0.717, 1.165) is 24.3 Å². The fourth-order valence-electron chi connectivity index (χ4n) is 3.55. The third-order valence-electron chi connectivity index (χ3n) is 4.89. The van der Waals surface area contributed by atoms with E-state index in [1.807, 2.05) is 6.07 Å². The van der Waals surface area contributed by atoms with Crippen molar-refractivity contribution in [2.45, 2.75) is 52.4 Å². The van der Waals surface area contributed by atoms with Crippen molar-refractivity contribution in [3.05, 3.63) is 35.4 Å². The lowest BCUT2D eigenvalue weighted by atomic mass is 9.73. The maximum absolute atomic E-state index is 11.6. The summed E-state index contributed by atoms with van der Waals surface area (Å²) >= 11 is 0. The highest BCUT2D eigenvalue weighted by Crippen LogP contribution is 2.36. The maximum Gasteiger partial charge on any atom is 0.307 e. The Balaban J connectivity index is 2.03. The summed E-state index contributed by atoms with van der Waals surface area (Å²) in [5, 5.41) is 9.58. The quantitative estimate of drug-likeness (QED) is 0.861. The zero-order valence-electron chi connectivity index (χ0n) is 12.6. The molecule has 0 amide bonds. The van der Waals surface area contributed by atoms with Crippen LogP contribution in [0.25, 0.3) is 0 Å². The van der Waals surface area contributed by atoms with Gasteiger partial charge in [0, 0.05) is 0 Å². The molecule has 0 aliphatic heterocycles. The number of hydrogen-bond acceptors (Lipinski definition) is 1. The highest BCUT2D eigenvalue weighted by molar-refractivity contribution is 5.70. The summed E-state index contributed by atoms with van der Waals surface area (Å²) in [7, 11) is 0. The Bertz CT molecular complexity index is 444. The van der Waals surface area contributed by atoms with E-state index in [1.165, 1.54) is 24.8 Å². The van der Waals surface area contributed by atoms with Gasteiger partial charge in [0.15, 0.2) is 0 Å². The van der Waals surface area contributed by atoms with Crippen LogP contribution in [0.4, 0.5) is 0 Å². The molecule has 1 aromatic rings. The standard InChI is InChI=1S/C18H26O2/c1-3-14-7-9-16(10-8-14)17(18(19)20)12-15-6-4-5-13(2)11-15/h4-6,11,14,16-17H,3,7-10,12H2,1-2H3,(H,19,20). The van der Waals surface area contributed by atoms with Gasteiger partial charge in [0.1, 0.15) is 0 Å². The summed E-state index contributed by atoms with van der Waals surface area (Å²) in [6.07, 6.45) is 6.50. The van der Waals surface area contributed by atoms with Crippen LogP contribution < -0.4 is 0 Å². The largest absolute Gasteiger partial charge is 0.481 e. The molecule has 1 saturated carbocycles. The molecule has 1 fully saturated rings. The van der Waals surface area contributed by atoms with Crippen LogP contribution in [-0.4, -0.2) is 11.1 Å². The van der Waals surface area contributed by atoms with Gasteiger partial charge in [0.05, 0.1) is 5.92 Å². The summed E-state index contributed by atoms with van der Waals surface area (Å²) in [5.74, 6) is 0.344. The first kappa shape index (κ1) is 15.1. The van der Waals surface area contributed by atoms with E-state index in [9.17, 15) is 9.90 Å². The van der Waals surface area contributed by atoms with Crippen LogP contribution in [0.1, 0.15) is 50.2 Å². The van der Waals surface area contributed by atoms with E-state index in [0.29, 0.717) is 12.3 Å². The van der Waals surface area contributed by atoms with Crippen LogP contribution in [0, 0.1) is 24.7 Å². The van der Waals surface area contributed by atoms with Gasteiger partial charge in [-0.3, -0.25) is 4.79 Å². The van der Waals surface area contributed by atoms with E-state index < -0.39 is 5.97 Å². The Morgan fingerprint density at radius 2 is 2.00 bits per heavy atom. The summed E-state index contributed by atoms with van der Waals surface area (Å²) in [6.45, 7) is 4.30. The lowest BCUT2D eigenvalue weighted by molar-refractivity contribution is -0.144. The van der Waals surface area contributed by atoms with E-state index in [1.54, 1.807) is 0 Å². The van der Waals surface area contributed by atoms with Crippen LogP contribution in [-0.2, 0) is 11.2 Å². The first-order chi connectivity index (χ1) is 9.60. The first-order valence-electron chi connectivity index (χ1n) is 7.88. The zero-order valence-corrected chi connectivity index (χ0v) is 12.6. The zero-order chi connectivity index (χ0) is 14.5. The normalized spacial score (nSPS) is 24.3. The second kappa shape index (κ2) is 6.92. The van der Waals surface area contributed by atoms with Crippen molar-refractivity contribution in [1.82, 2.24) is 0 Å². The van der Waals surface area contributed by atoms with Crippen molar-refractivity contribution >= 4 is 5.97 Å². The van der Waals surface area contributed by atoms with Gasteiger partial charge in [0.2, 0.25) is 0 Å². The molecular formula is C18H26O2. The highest BCUT2D eigenvalue weighted by Gasteiger charge is 2.31. The molecule has 2 nitrogen and oxygen atoms in total. The van der Waals surface area contributed by atoms with E-state index in [2.05, 4.69) is 32.0 Å². The van der Waals surface area contributed by atoms with Crippen molar-refractivity contribution in [2.75, 3.05) is 0 Å². The fraction of sp³-hybridized carbons (Fsp3) is 0.611. The minimum absolute atomic E-state index is 0.213.